The van der Waals surface area contributed by atoms with Gasteiger partial charge >= 0.3 is 0 Å². The van der Waals surface area contributed by atoms with Crippen LogP contribution >= 0.6 is 11.3 Å². The normalized spacial score (nSPS) is 14.8. The lowest BCUT2D eigenvalue weighted by Crippen LogP contribution is -2.36. The third-order valence-corrected chi connectivity index (χ3v) is 5.84. The smallest absolute Gasteiger partial charge is 0.130 e. The Balaban J connectivity index is 1.77. The quantitative estimate of drug-likeness (QED) is 0.587. The summed E-state index contributed by atoms with van der Waals surface area (Å²) in [7, 11) is 0. The zero-order valence-corrected chi connectivity index (χ0v) is 15.8. The van der Waals surface area contributed by atoms with E-state index in [1.165, 1.54) is 15.3 Å². The first-order valence-corrected chi connectivity index (χ1v) is 9.80. The van der Waals surface area contributed by atoms with Crippen LogP contribution in [0.4, 0.5) is 5.82 Å². The summed E-state index contributed by atoms with van der Waals surface area (Å²) in [5.74, 6) is 0.973. The van der Waals surface area contributed by atoms with Gasteiger partial charge in [0.15, 0.2) is 0 Å². The van der Waals surface area contributed by atoms with Crippen LogP contribution in [0.2, 0.25) is 0 Å². The van der Waals surface area contributed by atoms with Crippen molar-refractivity contribution in [1.82, 2.24) is 20.2 Å². The van der Waals surface area contributed by atoms with Gasteiger partial charge in [-0.2, -0.15) is 5.10 Å². The standard InChI is InChI=1S/C20H19N5OS/c1-13-2-3-17(27-13)15-12-18(25-8-10-26-11-9-25)23-19-14(15)4-6-21-20(19)16-5-7-22-24-16/h2-7,12H,8-11H2,1H3,(H,22,24). The summed E-state index contributed by atoms with van der Waals surface area (Å²) in [4.78, 5) is 14.4. The first-order valence-electron chi connectivity index (χ1n) is 8.98. The molecule has 0 spiro atoms. The van der Waals surface area contributed by atoms with Gasteiger partial charge in [0.25, 0.3) is 0 Å². The molecular formula is C20H19N5OS. The van der Waals surface area contributed by atoms with E-state index in [1.54, 1.807) is 17.5 Å². The summed E-state index contributed by atoms with van der Waals surface area (Å²) in [6, 6.07) is 10.5. The Kier molecular flexibility index (Phi) is 4.10. The van der Waals surface area contributed by atoms with Gasteiger partial charge in [0.2, 0.25) is 0 Å². The number of anilines is 1. The average Bonchev–Trinajstić information content (AvgIpc) is 3.39. The van der Waals surface area contributed by atoms with Crippen molar-refractivity contribution in [2.24, 2.45) is 0 Å². The molecule has 0 bridgehead atoms. The Morgan fingerprint density at radius 1 is 1.11 bits per heavy atom. The second-order valence-corrected chi connectivity index (χ2v) is 7.85. The summed E-state index contributed by atoms with van der Waals surface area (Å²) in [5.41, 5.74) is 3.80. The molecule has 0 aromatic carbocycles. The van der Waals surface area contributed by atoms with Crippen molar-refractivity contribution in [2.45, 2.75) is 6.92 Å². The molecule has 0 radical (unpaired) electrons. The fraction of sp³-hybridized carbons (Fsp3) is 0.250. The Morgan fingerprint density at radius 2 is 2.00 bits per heavy atom. The van der Waals surface area contributed by atoms with Crippen molar-refractivity contribution >= 4 is 28.1 Å². The number of pyridine rings is 2. The van der Waals surface area contributed by atoms with Crippen LogP contribution in [0, 0.1) is 6.92 Å². The summed E-state index contributed by atoms with van der Waals surface area (Å²) < 4.78 is 5.52. The molecule has 0 unspecified atom stereocenters. The number of hydrogen-bond donors (Lipinski definition) is 1. The van der Waals surface area contributed by atoms with Gasteiger partial charge in [0, 0.05) is 46.2 Å². The number of rotatable bonds is 3. The SMILES string of the molecule is Cc1ccc(-c2cc(N3CCOCC3)nc3c(-c4ccn[nH]4)nccc23)s1. The summed E-state index contributed by atoms with van der Waals surface area (Å²) in [6.45, 7) is 5.29. The molecule has 136 valence electrons. The summed E-state index contributed by atoms with van der Waals surface area (Å²) in [6.07, 6.45) is 3.59. The number of hydrogen-bond acceptors (Lipinski definition) is 6. The number of aromatic nitrogens is 4. The number of nitrogens with zero attached hydrogens (tertiary/aromatic N) is 4. The lowest BCUT2D eigenvalue weighted by atomic mass is 10.1. The molecule has 7 heteroatoms. The third-order valence-electron chi connectivity index (χ3n) is 4.81. The molecule has 27 heavy (non-hydrogen) atoms. The van der Waals surface area contributed by atoms with E-state index in [2.05, 4.69) is 51.3 Å². The van der Waals surface area contributed by atoms with E-state index in [4.69, 9.17) is 9.72 Å². The topological polar surface area (TPSA) is 66.9 Å². The first kappa shape index (κ1) is 16.4. The van der Waals surface area contributed by atoms with E-state index >= 15 is 0 Å². The minimum absolute atomic E-state index is 0.730. The van der Waals surface area contributed by atoms with Gasteiger partial charge in [0.05, 0.1) is 18.9 Å². The molecule has 4 aromatic rings. The predicted molar refractivity (Wildman–Crippen MR) is 108 cm³/mol. The van der Waals surface area contributed by atoms with Crippen molar-refractivity contribution in [3.63, 3.8) is 0 Å². The molecule has 0 saturated carbocycles. The molecule has 1 aliphatic heterocycles. The van der Waals surface area contributed by atoms with Crippen LogP contribution in [-0.4, -0.2) is 46.5 Å². The number of thiophene rings is 1. The molecule has 1 N–H and O–H groups in total. The molecule has 1 saturated heterocycles. The van der Waals surface area contributed by atoms with Gasteiger partial charge in [0.1, 0.15) is 17.0 Å². The molecule has 1 aliphatic rings. The minimum atomic E-state index is 0.730. The van der Waals surface area contributed by atoms with Crippen LogP contribution in [0.3, 0.4) is 0 Å². The van der Waals surface area contributed by atoms with Crippen LogP contribution in [0.25, 0.3) is 32.7 Å². The highest BCUT2D eigenvalue weighted by atomic mass is 32.1. The van der Waals surface area contributed by atoms with Crippen LogP contribution in [-0.2, 0) is 4.74 Å². The largest absolute Gasteiger partial charge is 0.378 e. The van der Waals surface area contributed by atoms with E-state index < -0.39 is 0 Å². The molecule has 5 heterocycles. The zero-order valence-electron chi connectivity index (χ0n) is 15.0. The van der Waals surface area contributed by atoms with Crippen LogP contribution < -0.4 is 4.90 Å². The molecule has 1 fully saturated rings. The lowest BCUT2D eigenvalue weighted by Gasteiger charge is -2.28. The highest BCUT2D eigenvalue weighted by Crippen LogP contribution is 2.37. The van der Waals surface area contributed by atoms with E-state index in [-0.39, 0.29) is 0 Å². The fourth-order valence-electron chi connectivity index (χ4n) is 3.46. The number of morpholine rings is 1. The molecular weight excluding hydrogens is 358 g/mol. The molecule has 0 aliphatic carbocycles. The maximum atomic E-state index is 5.52. The second kappa shape index (κ2) is 6.75. The van der Waals surface area contributed by atoms with E-state index in [9.17, 15) is 0 Å². The van der Waals surface area contributed by atoms with Crippen molar-refractivity contribution in [3.05, 3.63) is 47.6 Å². The summed E-state index contributed by atoms with van der Waals surface area (Å²) in [5, 5.41) is 8.21. The van der Waals surface area contributed by atoms with E-state index in [1.807, 2.05) is 12.3 Å². The van der Waals surface area contributed by atoms with Gasteiger partial charge in [-0.05, 0) is 37.3 Å². The second-order valence-electron chi connectivity index (χ2n) is 6.56. The van der Waals surface area contributed by atoms with Crippen LogP contribution in [0.15, 0.2) is 42.7 Å². The highest BCUT2D eigenvalue weighted by Gasteiger charge is 2.19. The number of aryl methyl sites for hydroxylation is 1. The Morgan fingerprint density at radius 3 is 2.74 bits per heavy atom. The first-order chi connectivity index (χ1) is 13.3. The molecule has 0 amide bonds. The van der Waals surface area contributed by atoms with E-state index in [0.29, 0.717) is 0 Å². The van der Waals surface area contributed by atoms with Crippen molar-refractivity contribution in [1.29, 1.82) is 0 Å². The third kappa shape index (κ3) is 2.98. The van der Waals surface area contributed by atoms with Crippen molar-refractivity contribution < 1.29 is 4.74 Å². The van der Waals surface area contributed by atoms with Crippen LogP contribution in [0.1, 0.15) is 4.88 Å². The van der Waals surface area contributed by atoms with E-state index in [0.717, 1.165) is 54.4 Å². The Labute approximate surface area is 160 Å². The fourth-order valence-corrected chi connectivity index (χ4v) is 4.36. The minimum Gasteiger partial charge on any atom is -0.378 e. The van der Waals surface area contributed by atoms with Gasteiger partial charge in [-0.1, -0.05) is 0 Å². The number of H-pyrrole nitrogens is 1. The van der Waals surface area contributed by atoms with Crippen molar-refractivity contribution in [2.75, 3.05) is 31.2 Å². The van der Waals surface area contributed by atoms with Crippen LogP contribution in [0.5, 0.6) is 0 Å². The molecule has 5 rings (SSSR count). The van der Waals surface area contributed by atoms with Gasteiger partial charge < -0.3 is 9.64 Å². The predicted octanol–water partition coefficient (Wildman–Crippen LogP) is 3.89. The maximum absolute atomic E-state index is 5.52. The molecule has 6 nitrogen and oxygen atoms in total. The average molecular weight is 377 g/mol. The molecule has 4 aromatic heterocycles. The maximum Gasteiger partial charge on any atom is 0.130 e. The number of aromatic amines is 1. The van der Waals surface area contributed by atoms with Gasteiger partial charge in [-0.15, -0.1) is 11.3 Å². The molecule has 0 atom stereocenters. The zero-order chi connectivity index (χ0) is 18.2. The number of nitrogens with one attached hydrogen (secondary N) is 1. The lowest BCUT2D eigenvalue weighted by molar-refractivity contribution is 0.122. The van der Waals surface area contributed by atoms with Gasteiger partial charge in [-0.25, -0.2) is 4.98 Å². The summed E-state index contributed by atoms with van der Waals surface area (Å²) >= 11 is 1.80. The Bertz CT molecular complexity index is 1080. The van der Waals surface area contributed by atoms with Crippen molar-refractivity contribution in [3.8, 4) is 21.8 Å². The number of fused-ring (bicyclic) bond motifs is 1. The number of ether oxygens (including phenoxy) is 1. The van der Waals surface area contributed by atoms with Gasteiger partial charge in [-0.3, -0.25) is 10.1 Å². The Hall–Kier alpha value is -2.77. The highest BCUT2D eigenvalue weighted by molar-refractivity contribution is 7.15. The monoisotopic (exact) mass is 377 g/mol.